The predicted molar refractivity (Wildman–Crippen MR) is 143 cm³/mol. The van der Waals surface area contributed by atoms with Crippen LogP contribution in [0.2, 0.25) is 0 Å². The molecule has 5 aromatic rings. The molecule has 8 heteroatoms. The highest BCUT2D eigenvalue weighted by atomic mass is 32.2. The third kappa shape index (κ3) is 5.09. The van der Waals surface area contributed by atoms with Gasteiger partial charge in [0.1, 0.15) is 0 Å². The van der Waals surface area contributed by atoms with Crippen molar-refractivity contribution in [3.63, 3.8) is 0 Å². The van der Waals surface area contributed by atoms with Gasteiger partial charge in [0.2, 0.25) is 11.7 Å². The molecule has 1 unspecified atom stereocenters. The fourth-order valence-corrected chi connectivity index (χ4v) is 4.94. The van der Waals surface area contributed by atoms with Gasteiger partial charge >= 0.3 is 0 Å². The van der Waals surface area contributed by atoms with E-state index < -0.39 is 0 Å². The van der Waals surface area contributed by atoms with E-state index in [1.165, 1.54) is 5.56 Å². The van der Waals surface area contributed by atoms with E-state index in [2.05, 4.69) is 41.1 Å². The van der Waals surface area contributed by atoms with Crippen LogP contribution in [0.5, 0.6) is 0 Å². The van der Waals surface area contributed by atoms with Crippen LogP contribution in [0.25, 0.3) is 28.0 Å². The minimum atomic E-state index is -0.0571. The van der Waals surface area contributed by atoms with Crippen LogP contribution in [0.15, 0.2) is 87.5 Å². The Hall–Kier alpha value is -3.78. The first-order valence-corrected chi connectivity index (χ1v) is 13.1. The lowest BCUT2D eigenvalue weighted by atomic mass is 9.98. The highest BCUT2D eigenvalue weighted by Gasteiger charge is 2.15. The third-order valence-electron chi connectivity index (χ3n) is 6.25. The first-order valence-electron chi connectivity index (χ1n) is 12.1. The predicted octanol–water partition coefficient (Wildman–Crippen LogP) is 6.07. The Bertz CT molecular complexity index is 1510. The summed E-state index contributed by atoms with van der Waals surface area (Å²) in [7, 11) is 0. The topological polar surface area (TPSA) is 86.7 Å². The van der Waals surface area contributed by atoms with E-state index in [4.69, 9.17) is 9.51 Å². The summed E-state index contributed by atoms with van der Waals surface area (Å²) in [5.41, 5.74) is 3.61. The van der Waals surface area contributed by atoms with Gasteiger partial charge in [-0.25, -0.2) is 4.98 Å². The molecule has 0 aliphatic heterocycles. The molecule has 0 saturated carbocycles. The number of pyridine rings is 1. The molecule has 0 saturated heterocycles. The largest absolute Gasteiger partial charge is 0.339 e. The van der Waals surface area contributed by atoms with Crippen LogP contribution >= 0.6 is 11.8 Å². The van der Waals surface area contributed by atoms with E-state index in [0.29, 0.717) is 40.1 Å². The molecule has 2 aromatic carbocycles. The molecule has 0 aliphatic carbocycles. The van der Waals surface area contributed by atoms with Gasteiger partial charge in [-0.1, -0.05) is 55.0 Å². The summed E-state index contributed by atoms with van der Waals surface area (Å²) in [4.78, 5) is 26.8. The highest BCUT2D eigenvalue weighted by molar-refractivity contribution is 7.99. The SMILES string of the molecule is CCC(C)c1ccc(-n2c(SCCCc3nc(-c4ccncc4)no3)nc3ccccc3c2=O)cc1. The lowest BCUT2D eigenvalue weighted by molar-refractivity contribution is 0.378. The first kappa shape index (κ1) is 23.9. The quantitative estimate of drug-likeness (QED) is 0.139. The highest BCUT2D eigenvalue weighted by Crippen LogP contribution is 2.25. The maximum atomic E-state index is 13.5. The van der Waals surface area contributed by atoms with Gasteiger partial charge in [-0.3, -0.25) is 14.3 Å². The second-order valence-electron chi connectivity index (χ2n) is 8.65. The van der Waals surface area contributed by atoms with Crippen molar-refractivity contribution in [3.05, 3.63) is 94.9 Å². The molecule has 36 heavy (non-hydrogen) atoms. The van der Waals surface area contributed by atoms with Crippen molar-refractivity contribution < 1.29 is 4.52 Å². The van der Waals surface area contributed by atoms with E-state index in [9.17, 15) is 4.79 Å². The number of thioether (sulfide) groups is 1. The van der Waals surface area contributed by atoms with Crippen LogP contribution in [0.4, 0.5) is 0 Å². The molecule has 0 fully saturated rings. The fraction of sp³-hybridized carbons (Fsp3) is 0.250. The van der Waals surface area contributed by atoms with Crippen LogP contribution in [0.1, 0.15) is 44.1 Å². The normalized spacial score (nSPS) is 12.2. The molecule has 182 valence electrons. The molecule has 0 radical (unpaired) electrons. The van der Waals surface area contributed by atoms with Crippen LogP contribution in [-0.4, -0.2) is 30.4 Å². The Morgan fingerprint density at radius 3 is 2.56 bits per heavy atom. The number of benzene rings is 2. The fourth-order valence-electron chi connectivity index (χ4n) is 3.99. The zero-order chi connectivity index (χ0) is 24.9. The molecule has 0 bridgehead atoms. The number of rotatable bonds is 9. The van der Waals surface area contributed by atoms with Crippen molar-refractivity contribution in [2.75, 3.05) is 5.75 Å². The van der Waals surface area contributed by atoms with Gasteiger partial charge < -0.3 is 4.52 Å². The molecular formula is C28H27N5O2S. The second-order valence-corrected chi connectivity index (χ2v) is 9.71. The van der Waals surface area contributed by atoms with Crippen LogP contribution in [0, 0.1) is 0 Å². The minimum Gasteiger partial charge on any atom is -0.339 e. The van der Waals surface area contributed by atoms with Gasteiger partial charge in [-0.05, 0) is 60.7 Å². The summed E-state index contributed by atoms with van der Waals surface area (Å²) in [5, 5.41) is 5.36. The molecule has 5 rings (SSSR count). The smallest absolute Gasteiger partial charge is 0.266 e. The summed E-state index contributed by atoms with van der Waals surface area (Å²) in [5.74, 6) is 2.38. The van der Waals surface area contributed by atoms with Gasteiger partial charge in [-0.2, -0.15) is 4.98 Å². The number of fused-ring (bicyclic) bond motifs is 1. The molecule has 7 nitrogen and oxygen atoms in total. The van der Waals surface area contributed by atoms with E-state index in [-0.39, 0.29) is 5.56 Å². The van der Waals surface area contributed by atoms with Gasteiger partial charge in [0, 0.05) is 30.1 Å². The Morgan fingerprint density at radius 2 is 1.78 bits per heavy atom. The third-order valence-corrected chi connectivity index (χ3v) is 7.28. The van der Waals surface area contributed by atoms with Crippen molar-refractivity contribution in [1.29, 1.82) is 0 Å². The number of para-hydroxylation sites is 1. The maximum absolute atomic E-state index is 13.5. The second kappa shape index (κ2) is 10.9. The van der Waals surface area contributed by atoms with Crippen LogP contribution < -0.4 is 5.56 Å². The number of nitrogens with zero attached hydrogens (tertiary/aromatic N) is 5. The Labute approximate surface area is 213 Å². The minimum absolute atomic E-state index is 0.0571. The van der Waals surface area contributed by atoms with Crippen LogP contribution in [0.3, 0.4) is 0 Å². The van der Waals surface area contributed by atoms with E-state index in [0.717, 1.165) is 29.8 Å². The molecule has 0 spiro atoms. The van der Waals surface area contributed by atoms with E-state index in [1.54, 1.807) is 28.7 Å². The summed E-state index contributed by atoms with van der Waals surface area (Å²) < 4.78 is 7.14. The molecule has 1 atom stereocenters. The van der Waals surface area contributed by atoms with E-state index >= 15 is 0 Å². The maximum Gasteiger partial charge on any atom is 0.266 e. The molecule has 3 aromatic heterocycles. The van der Waals surface area contributed by atoms with E-state index in [1.807, 2.05) is 48.5 Å². The Balaban J connectivity index is 1.35. The summed E-state index contributed by atoms with van der Waals surface area (Å²) >= 11 is 1.56. The molecule has 0 aliphatic rings. The Kier molecular flexibility index (Phi) is 7.23. The van der Waals surface area contributed by atoms with Gasteiger partial charge in [0.05, 0.1) is 16.6 Å². The molecule has 3 heterocycles. The zero-order valence-corrected chi connectivity index (χ0v) is 21.1. The number of hydrogen-bond donors (Lipinski definition) is 0. The van der Waals surface area contributed by atoms with Crippen molar-refractivity contribution in [2.45, 2.75) is 44.2 Å². The summed E-state index contributed by atoms with van der Waals surface area (Å²) in [6.07, 6.45) is 5.93. The van der Waals surface area contributed by atoms with Gasteiger partial charge in [0.25, 0.3) is 5.56 Å². The zero-order valence-electron chi connectivity index (χ0n) is 20.3. The first-order chi connectivity index (χ1) is 17.6. The van der Waals surface area contributed by atoms with Crippen molar-refractivity contribution in [3.8, 4) is 17.1 Å². The van der Waals surface area contributed by atoms with Gasteiger partial charge in [-0.15, -0.1) is 0 Å². The summed E-state index contributed by atoms with van der Waals surface area (Å²) in [6, 6.07) is 19.4. The number of aryl methyl sites for hydroxylation is 1. The average molecular weight is 498 g/mol. The van der Waals surface area contributed by atoms with Crippen molar-refractivity contribution >= 4 is 22.7 Å². The number of aromatic nitrogens is 5. The van der Waals surface area contributed by atoms with Crippen molar-refractivity contribution in [2.24, 2.45) is 0 Å². The Morgan fingerprint density at radius 1 is 1.00 bits per heavy atom. The lowest BCUT2D eigenvalue weighted by Gasteiger charge is -2.15. The van der Waals surface area contributed by atoms with Crippen LogP contribution in [-0.2, 0) is 6.42 Å². The molecular weight excluding hydrogens is 470 g/mol. The molecule has 0 N–H and O–H groups in total. The number of hydrogen-bond acceptors (Lipinski definition) is 7. The lowest BCUT2D eigenvalue weighted by Crippen LogP contribution is -2.22. The standard InChI is InChI=1S/C28H27N5O2S/c1-3-19(2)20-10-12-22(13-11-20)33-27(34)23-7-4-5-8-24(23)30-28(33)36-18-6-9-25-31-26(32-35-25)21-14-16-29-17-15-21/h4-5,7-8,10-17,19H,3,6,9,18H2,1-2H3. The van der Waals surface area contributed by atoms with Crippen molar-refractivity contribution in [1.82, 2.24) is 24.7 Å². The summed E-state index contributed by atoms with van der Waals surface area (Å²) in [6.45, 7) is 4.39. The monoisotopic (exact) mass is 497 g/mol. The average Bonchev–Trinajstić information content (AvgIpc) is 3.40. The molecule has 0 amide bonds. The van der Waals surface area contributed by atoms with Gasteiger partial charge in [0.15, 0.2) is 5.16 Å².